The van der Waals surface area contributed by atoms with Crippen molar-refractivity contribution in [3.05, 3.63) is 137 Å². The van der Waals surface area contributed by atoms with E-state index in [1.54, 1.807) is 6.07 Å². The summed E-state index contributed by atoms with van der Waals surface area (Å²) in [5.74, 6) is 0.784. The molecule has 36 heavy (non-hydrogen) atoms. The summed E-state index contributed by atoms with van der Waals surface area (Å²) in [6.45, 7) is 0. The molecule has 0 atom stereocenters. The van der Waals surface area contributed by atoms with E-state index in [0.29, 0.717) is 22.5 Å². The Morgan fingerprint density at radius 1 is 0.667 bits per heavy atom. The number of fused-ring (bicyclic) bond motifs is 1. The van der Waals surface area contributed by atoms with Crippen molar-refractivity contribution in [2.45, 2.75) is 12.8 Å². The summed E-state index contributed by atoms with van der Waals surface area (Å²) in [4.78, 5) is 13.8. The van der Waals surface area contributed by atoms with E-state index in [0.717, 1.165) is 30.7 Å². The summed E-state index contributed by atoms with van der Waals surface area (Å²) in [6, 6.07) is 38.0. The third kappa shape index (κ3) is 5.79. The van der Waals surface area contributed by atoms with E-state index < -0.39 is 5.74 Å². The molecule has 0 aliphatic heterocycles. The van der Waals surface area contributed by atoms with E-state index >= 15 is 0 Å². The van der Waals surface area contributed by atoms with Crippen LogP contribution in [0.5, 0.6) is 5.75 Å². The Hall–Kier alpha value is -3.16. The van der Waals surface area contributed by atoms with E-state index in [2.05, 4.69) is 63.6 Å². The second-order valence-electron chi connectivity index (χ2n) is 8.78. The number of benzene rings is 4. The summed E-state index contributed by atoms with van der Waals surface area (Å²) in [7, 11) is 0. The molecule has 0 saturated carbocycles. The zero-order valence-corrected chi connectivity index (χ0v) is 22.5. The van der Waals surface area contributed by atoms with Crippen LogP contribution in [-0.4, -0.2) is 27.4 Å². The van der Waals surface area contributed by atoms with Gasteiger partial charge in [-0.2, -0.15) is 0 Å². The van der Waals surface area contributed by atoms with Crippen LogP contribution in [-0.2, 0) is 12.8 Å². The van der Waals surface area contributed by atoms with E-state index in [1.165, 1.54) is 11.1 Å². The molecule has 180 valence electrons. The third-order valence-corrected chi connectivity index (χ3v) is 11.3. The van der Waals surface area contributed by atoms with E-state index in [9.17, 15) is 4.79 Å². The number of para-hydroxylation sites is 1. The monoisotopic (exact) mass is 558 g/mol. The maximum atomic E-state index is 13.8. The Kier molecular flexibility index (Phi) is 7.68. The first-order valence-corrected chi connectivity index (χ1v) is 16.4. The van der Waals surface area contributed by atoms with Crippen LogP contribution in [0.4, 0.5) is 0 Å². The van der Waals surface area contributed by atoms with Gasteiger partial charge in [-0.05, 0) is 0 Å². The number of hydrogen-bond acceptors (Lipinski definition) is 3. The summed E-state index contributed by atoms with van der Waals surface area (Å²) in [5, 5.41) is 0.532. The molecule has 0 amide bonds. The molecule has 0 aliphatic rings. The van der Waals surface area contributed by atoms with Gasteiger partial charge in [-0.15, -0.1) is 0 Å². The van der Waals surface area contributed by atoms with E-state index in [-0.39, 0.29) is 5.43 Å². The molecule has 0 spiro atoms. The van der Waals surface area contributed by atoms with Crippen molar-refractivity contribution in [1.29, 1.82) is 0 Å². The van der Waals surface area contributed by atoms with Crippen LogP contribution in [0.3, 0.4) is 0 Å². The molecule has 0 aliphatic carbocycles. The fourth-order valence-electron chi connectivity index (χ4n) is 4.25. The Morgan fingerprint density at radius 3 is 1.75 bits per heavy atom. The maximum absolute atomic E-state index is 13.8. The summed E-state index contributed by atoms with van der Waals surface area (Å²) < 4.78 is 13.1. The number of hydrogen-bond donors (Lipinski definition) is 0. The second-order valence-corrected chi connectivity index (χ2v) is 15.7. The van der Waals surface area contributed by atoms with Crippen LogP contribution in [0.15, 0.2) is 124 Å². The molecule has 0 fully saturated rings. The average molecular weight is 557 g/mol. The number of rotatable bonds is 9. The predicted molar refractivity (Wildman–Crippen MR) is 151 cm³/mol. The van der Waals surface area contributed by atoms with Gasteiger partial charge in [-0.3, -0.25) is 0 Å². The zero-order valence-electron chi connectivity index (χ0n) is 19.9. The molecule has 5 aromatic rings. The van der Waals surface area contributed by atoms with Crippen molar-refractivity contribution in [2.75, 3.05) is 12.3 Å². The zero-order chi connectivity index (χ0) is 24.8. The summed E-state index contributed by atoms with van der Waals surface area (Å²) >= 11 is 3.44. The van der Waals surface area contributed by atoms with E-state index in [1.807, 2.05) is 60.7 Å². The molecule has 0 bridgehead atoms. The molecule has 1 heterocycles. The van der Waals surface area contributed by atoms with Gasteiger partial charge >= 0.3 is 220 Å². The van der Waals surface area contributed by atoms with Crippen LogP contribution in [0.1, 0.15) is 11.1 Å². The summed E-state index contributed by atoms with van der Waals surface area (Å²) in [5.41, 5.74) is 1.62. The SMILES string of the molecule is O=c1c(OP(=[Se])(CCc2ccccc2)CCc2ccccc2)c(-c2ccccc2)oc2ccccc12. The second kappa shape index (κ2) is 11.3. The Balaban J connectivity index is 1.56. The molecule has 0 radical (unpaired) electrons. The Labute approximate surface area is 219 Å². The normalized spacial score (nSPS) is 11.4. The van der Waals surface area contributed by atoms with E-state index in [4.69, 9.17) is 8.94 Å². The fraction of sp³-hybridized carbons (Fsp3) is 0.129. The molecule has 3 nitrogen and oxygen atoms in total. The molecule has 5 rings (SSSR count). The predicted octanol–water partition coefficient (Wildman–Crippen LogP) is 7.34. The van der Waals surface area contributed by atoms with Crippen LogP contribution >= 0.6 is 5.74 Å². The number of aryl methyl sites for hydroxylation is 2. The molecule has 0 saturated heterocycles. The fourth-order valence-corrected chi connectivity index (χ4v) is 7.97. The van der Waals surface area contributed by atoms with Crippen molar-refractivity contribution in [1.82, 2.24) is 0 Å². The topological polar surface area (TPSA) is 39.4 Å². The van der Waals surface area contributed by atoms with Crippen LogP contribution in [0.25, 0.3) is 22.3 Å². The van der Waals surface area contributed by atoms with Crippen LogP contribution < -0.4 is 9.95 Å². The van der Waals surface area contributed by atoms with Gasteiger partial charge in [0, 0.05) is 0 Å². The van der Waals surface area contributed by atoms with Gasteiger partial charge in [0.1, 0.15) is 0 Å². The molecule has 0 N–H and O–H groups in total. The third-order valence-electron chi connectivity index (χ3n) is 6.22. The Morgan fingerprint density at radius 2 is 1.17 bits per heavy atom. The van der Waals surface area contributed by atoms with Crippen molar-refractivity contribution >= 4 is 31.8 Å². The minimum absolute atomic E-state index is 0.130. The van der Waals surface area contributed by atoms with Crippen molar-refractivity contribution in [3.8, 4) is 17.1 Å². The van der Waals surface area contributed by atoms with Gasteiger partial charge in [0.2, 0.25) is 0 Å². The molecule has 1 aromatic heterocycles. The van der Waals surface area contributed by atoms with Crippen molar-refractivity contribution in [3.63, 3.8) is 0 Å². The van der Waals surface area contributed by atoms with Crippen LogP contribution in [0, 0.1) is 0 Å². The standard InChI is InChI=1S/C31H27O3PSe/c32-29-27-18-10-11-19-28(27)33-30(26-16-8-3-9-17-26)31(29)34-35(36,22-20-24-12-4-1-5-13-24)23-21-25-14-6-2-7-15-25/h1-19H,20-23H2. The molecular weight excluding hydrogens is 530 g/mol. The van der Waals surface area contributed by atoms with Gasteiger partial charge in [0.25, 0.3) is 0 Å². The minimum atomic E-state index is -2.16. The van der Waals surface area contributed by atoms with Gasteiger partial charge < -0.3 is 0 Å². The quantitative estimate of drug-likeness (QED) is 0.141. The van der Waals surface area contributed by atoms with Gasteiger partial charge in [0.15, 0.2) is 0 Å². The first kappa shape index (κ1) is 24.5. The molecule has 5 heteroatoms. The van der Waals surface area contributed by atoms with Crippen molar-refractivity contribution < 1.29 is 8.94 Å². The molecule has 4 aromatic carbocycles. The molecule has 0 unspecified atom stereocenters. The van der Waals surface area contributed by atoms with Gasteiger partial charge in [0.05, 0.1) is 0 Å². The average Bonchev–Trinajstić information content (AvgIpc) is 2.94. The van der Waals surface area contributed by atoms with Crippen molar-refractivity contribution in [2.24, 2.45) is 0 Å². The summed E-state index contributed by atoms with van der Waals surface area (Å²) in [6.07, 6.45) is 3.39. The molecular formula is C31H27O3PSe. The first-order chi connectivity index (χ1) is 17.6. The van der Waals surface area contributed by atoms with Gasteiger partial charge in [-0.1, -0.05) is 0 Å². The Bertz CT molecular complexity index is 1500. The first-order valence-electron chi connectivity index (χ1n) is 12.1. The van der Waals surface area contributed by atoms with Gasteiger partial charge in [-0.25, -0.2) is 0 Å². The van der Waals surface area contributed by atoms with Crippen LogP contribution in [0.2, 0.25) is 0 Å².